The topological polar surface area (TPSA) is 52.8 Å². The third-order valence-corrected chi connectivity index (χ3v) is 7.71. The minimum absolute atomic E-state index is 0.242. The summed E-state index contributed by atoms with van der Waals surface area (Å²) in [5.41, 5.74) is 5.43. The summed E-state index contributed by atoms with van der Waals surface area (Å²) in [4.78, 5) is 4.79. The largest absolute Gasteiger partial charge is 0.483 e. The van der Waals surface area contributed by atoms with Gasteiger partial charge in [0.2, 0.25) is 0 Å². The minimum atomic E-state index is -0.242. The Bertz CT molecular complexity index is 1230. The first kappa shape index (κ1) is 22.8. The van der Waals surface area contributed by atoms with Gasteiger partial charge in [0, 0.05) is 28.8 Å². The summed E-state index contributed by atoms with van der Waals surface area (Å²) < 4.78 is 8.12. The Morgan fingerprint density at radius 1 is 1.12 bits per heavy atom. The predicted octanol–water partition coefficient (Wildman–Crippen LogP) is 6.95. The monoisotopic (exact) mass is 484 g/mol. The van der Waals surface area contributed by atoms with Crippen molar-refractivity contribution in [2.45, 2.75) is 44.7 Å². The first-order valence-electron chi connectivity index (χ1n) is 10.3. The maximum atomic E-state index is 6.27. The zero-order valence-corrected chi connectivity index (χ0v) is 21.1. The van der Waals surface area contributed by atoms with Crippen LogP contribution in [0.4, 0.5) is 0 Å². The summed E-state index contributed by atoms with van der Waals surface area (Å²) >= 11 is 9.56. The Kier molecular flexibility index (Phi) is 6.88. The van der Waals surface area contributed by atoms with E-state index in [1.807, 2.05) is 44.5 Å². The van der Waals surface area contributed by atoms with E-state index in [9.17, 15) is 0 Å². The van der Waals surface area contributed by atoms with E-state index >= 15 is 0 Å². The molecule has 1 atom stereocenters. The standard InChI is InChI=1S/C24H25ClN4OS2/c1-14-7-6-8-18(9-14)23-26-19(12-31-23)13-32-24-28-27-22(29(24)5)17(4)30-20-10-15(2)21(25)16(3)11-20/h6-12,17H,13H2,1-5H3. The van der Waals surface area contributed by atoms with E-state index in [0.29, 0.717) is 0 Å². The van der Waals surface area contributed by atoms with Crippen molar-refractivity contribution in [3.05, 3.63) is 75.0 Å². The lowest BCUT2D eigenvalue weighted by Gasteiger charge is -2.16. The summed E-state index contributed by atoms with van der Waals surface area (Å²) in [6.45, 7) is 8.03. The zero-order chi connectivity index (χ0) is 22.8. The average molecular weight is 485 g/mol. The molecule has 0 N–H and O–H groups in total. The highest BCUT2D eigenvalue weighted by Gasteiger charge is 2.18. The van der Waals surface area contributed by atoms with E-state index in [4.69, 9.17) is 21.3 Å². The van der Waals surface area contributed by atoms with Crippen LogP contribution in [-0.2, 0) is 12.8 Å². The SMILES string of the molecule is Cc1cccc(-c2nc(CSc3nnc(C(C)Oc4cc(C)c(Cl)c(C)c4)n3C)cs2)c1. The molecule has 1 unspecified atom stereocenters. The summed E-state index contributed by atoms with van der Waals surface area (Å²) in [5, 5.41) is 13.5. The van der Waals surface area contributed by atoms with Crippen molar-refractivity contribution in [1.82, 2.24) is 19.7 Å². The Morgan fingerprint density at radius 3 is 2.59 bits per heavy atom. The van der Waals surface area contributed by atoms with E-state index in [1.54, 1.807) is 23.1 Å². The molecule has 2 aromatic carbocycles. The fraction of sp³-hybridized carbons (Fsp3) is 0.292. The molecule has 0 aliphatic heterocycles. The second kappa shape index (κ2) is 9.65. The number of thioether (sulfide) groups is 1. The van der Waals surface area contributed by atoms with E-state index in [-0.39, 0.29) is 6.10 Å². The second-order valence-electron chi connectivity index (χ2n) is 7.83. The van der Waals surface area contributed by atoms with Gasteiger partial charge in [-0.25, -0.2) is 4.98 Å². The number of hydrogen-bond donors (Lipinski definition) is 0. The van der Waals surface area contributed by atoms with Crippen molar-refractivity contribution < 1.29 is 4.74 Å². The molecule has 0 radical (unpaired) electrons. The molecule has 4 aromatic rings. The highest BCUT2D eigenvalue weighted by atomic mass is 35.5. The van der Waals surface area contributed by atoms with Crippen molar-refractivity contribution in [3.63, 3.8) is 0 Å². The third kappa shape index (κ3) is 5.00. The molecule has 8 heteroatoms. The quantitative estimate of drug-likeness (QED) is 0.265. The Labute approximate surface area is 201 Å². The lowest BCUT2D eigenvalue weighted by molar-refractivity contribution is 0.211. The molecule has 2 aromatic heterocycles. The van der Waals surface area contributed by atoms with Crippen LogP contribution in [0.5, 0.6) is 5.75 Å². The van der Waals surface area contributed by atoms with Crippen LogP contribution in [-0.4, -0.2) is 19.7 Å². The first-order chi connectivity index (χ1) is 15.3. The predicted molar refractivity (Wildman–Crippen MR) is 133 cm³/mol. The van der Waals surface area contributed by atoms with Crippen molar-refractivity contribution in [2.24, 2.45) is 7.05 Å². The Hall–Kier alpha value is -2.35. The van der Waals surface area contributed by atoms with Gasteiger partial charge in [-0.15, -0.1) is 21.5 Å². The minimum Gasteiger partial charge on any atom is -0.483 e. The van der Waals surface area contributed by atoms with Gasteiger partial charge in [0.1, 0.15) is 10.8 Å². The molecular formula is C24H25ClN4OS2. The fourth-order valence-corrected chi connectivity index (χ4v) is 5.30. The molecule has 2 heterocycles. The van der Waals surface area contributed by atoms with Crippen LogP contribution in [0.1, 0.15) is 41.2 Å². The van der Waals surface area contributed by atoms with Gasteiger partial charge in [-0.3, -0.25) is 0 Å². The van der Waals surface area contributed by atoms with Crippen LogP contribution in [0, 0.1) is 20.8 Å². The third-order valence-electron chi connectivity index (χ3n) is 5.12. The second-order valence-corrected chi connectivity index (χ2v) is 10.0. The highest BCUT2D eigenvalue weighted by molar-refractivity contribution is 7.98. The summed E-state index contributed by atoms with van der Waals surface area (Å²) in [5.74, 6) is 2.29. The normalized spacial score (nSPS) is 12.2. The van der Waals surface area contributed by atoms with E-state index in [1.165, 1.54) is 5.56 Å². The van der Waals surface area contributed by atoms with E-state index in [0.717, 1.165) is 54.9 Å². The number of benzene rings is 2. The molecule has 0 spiro atoms. The molecule has 0 aliphatic carbocycles. The van der Waals surface area contributed by atoms with Crippen LogP contribution >= 0.6 is 34.7 Å². The molecule has 166 valence electrons. The summed E-state index contributed by atoms with van der Waals surface area (Å²) in [7, 11) is 1.97. The zero-order valence-electron chi connectivity index (χ0n) is 18.7. The van der Waals surface area contributed by atoms with E-state index in [2.05, 4.69) is 46.8 Å². The molecule has 32 heavy (non-hydrogen) atoms. The molecule has 0 saturated heterocycles. The van der Waals surface area contributed by atoms with Crippen molar-refractivity contribution >= 4 is 34.7 Å². The molecule has 0 bridgehead atoms. The molecule has 5 nitrogen and oxygen atoms in total. The number of hydrogen-bond acceptors (Lipinski definition) is 6. The summed E-state index contributed by atoms with van der Waals surface area (Å²) in [6.07, 6.45) is -0.242. The van der Waals surface area contributed by atoms with Crippen LogP contribution in [0.25, 0.3) is 10.6 Å². The fourth-order valence-electron chi connectivity index (χ4n) is 3.46. The van der Waals surface area contributed by atoms with Gasteiger partial charge in [-0.1, -0.05) is 47.1 Å². The van der Waals surface area contributed by atoms with E-state index < -0.39 is 0 Å². The molecule has 0 amide bonds. The maximum absolute atomic E-state index is 6.27. The van der Waals surface area contributed by atoms with Crippen LogP contribution < -0.4 is 4.74 Å². The van der Waals surface area contributed by atoms with Crippen LogP contribution in [0.3, 0.4) is 0 Å². The Balaban J connectivity index is 1.42. The number of aromatic nitrogens is 4. The lowest BCUT2D eigenvalue weighted by atomic mass is 10.1. The molecular weight excluding hydrogens is 460 g/mol. The molecule has 4 rings (SSSR count). The molecule has 0 saturated carbocycles. The van der Waals surface area contributed by atoms with Crippen molar-refractivity contribution in [2.75, 3.05) is 0 Å². The van der Waals surface area contributed by atoms with Gasteiger partial charge in [0.05, 0.1) is 5.69 Å². The van der Waals surface area contributed by atoms with Crippen LogP contribution in [0.15, 0.2) is 46.9 Å². The van der Waals surface area contributed by atoms with Gasteiger partial charge >= 0.3 is 0 Å². The van der Waals surface area contributed by atoms with Crippen molar-refractivity contribution in [1.29, 1.82) is 0 Å². The lowest BCUT2D eigenvalue weighted by Crippen LogP contribution is -2.10. The molecule has 0 fully saturated rings. The number of nitrogens with zero attached hydrogens (tertiary/aromatic N) is 4. The number of aryl methyl sites for hydroxylation is 3. The first-order valence-corrected chi connectivity index (χ1v) is 12.5. The van der Waals surface area contributed by atoms with Gasteiger partial charge in [0.15, 0.2) is 17.1 Å². The Morgan fingerprint density at radius 2 is 1.88 bits per heavy atom. The smallest absolute Gasteiger partial charge is 0.191 e. The highest BCUT2D eigenvalue weighted by Crippen LogP contribution is 2.31. The maximum Gasteiger partial charge on any atom is 0.191 e. The average Bonchev–Trinajstić information content (AvgIpc) is 3.37. The van der Waals surface area contributed by atoms with Gasteiger partial charge in [0.25, 0.3) is 0 Å². The number of thiazole rings is 1. The number of rotatable bonds is 7. The van der Waals surface area contributed by atoms with Gasteiger partial charge < -0.3 is 9.30 Å². The van der Waals surface area contributed by atoms with Gasteiger partial charge in [-0.05, 0) is 57.0 Å². The number of ether oxygens (including phenoxy) is 1. The van der Waals surface area contributed by atoms with Gasteiger partial charge in [-0.2, -0.15) is 0 Å². The van der Waals surface area contributed by atoms with Crippen molar-refractivity contribution in [3.8, 4) is 16.3 Å². The summed E-state index contributed by atoms with van der Waals surface area (Å²) in [6, 6.07) is 12.3. The van der Waals surface area contributed by atoms with Crippen LogP contribution in [0.2, 0.25) is 5.02 Å². The number of halogens is 1. The molecule has 0 aliphatic rings.